The number of benzene rings is 4. The van der Waals surface area contributed by atoms with E-state index < -0.39 is 0 Å². The smallest absolute Gasteiger partial charge is 0.141 e. The van der Waals surface area contributed by atoms with Crippen molar-refractivity contribution in [3.05, 3.63) is 188 Å². The van der Waals surface area contributed by atoms with Crippen LogP contribution in [0.1, 0.15) is 5.56 Å². The van der Waals surface area contributed by atoms with Crippen LogP contribution < -0.4 is 0 Å². The van der Waals surface area contributed by atoms with Crippen molar-refractivity contribution < 1.29 is 0 Å². The van der Waals surface area contributed by atoms with Crippen molar-refractivity contribution in [2.24, 2.45) is 0 Å². The molecular formula is C50H30N8. The van der Waals surface area contributed by atoms with Crippen molar-refractivity contribution in [3.63, 3.8) is 0 Å². The number of rotatable bonds is 6. The molecule has 0 saturated heterocycles. The molecule has 0 bridgehead atoms. The summed E-state index contributed by atoms with van der Waals surface area (Å²) in [4.78, 5) is 24.0. The van der Waals surface area contributed by atoms with E-state index in [-0.39, 0.29) is 0 Å². The van der Waals surface area contributed by atoms with E-state index in [0.717, 1.165) is 88.6 Å². The number of nitriles is 1. The van der Waals surface area contributed by atoms with E-state index in [4.69, 9.17) is 4.98 Å². The monoisotopic (exact) mass is 742 g/mol. The van der Waals surface area contributed by atoms with Gasteiger partial charge in [0.2, 0.25) is 0 Å². The number of aromatic nitrogens is 7. The van der Waals surface area contributed by atoms with Crippen LogP contribution in [-0.2, 0) is 0 Å². The summed E-state index contributed by atoms with van der Waals surface area (Å²) >= 11 is 0. The molecule has 0 aliphatic rings. The maximum atomic E-state index is 10.6. The van der Waals surface area contributed by atoms with E-state index in [1.807, 2.05) is 110 Å². The summed E-state index contributed by atoms with van der Waals surface area (Å²) in [6, 6.07) is 55.6. The Morgan fingerprint density at radius 3 is 0.931 bits per heavy atom. The van der Waals surface area contributed by atoms with E-state index in [9.17, 15) is 5.26 Å². The number of nitrogens with zero attached hydrogens (tertiary/aromatic N) is 8. The topological polar surface area (TPSA) is 98.1 Å². The van der Waals surface area contributed by atoms with Gasteiger partial charge in [0.15, 0.2) is 0 Å². The quantitative estimate of drug-likeness (QED) is 0.168. The minimum absolute atomic E-state index is 0.496. The first-order valence-corrected chi connectivity index (χ1v) is 19.0. The zero-order valence-corrected chi connectivity index (χ0v) is 30.9. The molecular weight excluding hydrogens is 713 g/mol. The van der Waals surface area contributed by atoms with Gasteiger partial charge in [0.05, 0.1) is 56.5 Å². The van der Waals surface area contributed by atoms with Crippen molar-refractivity contribution in [1.29, 1.82) is 5.26 Å². The number of pyridine rings is 5. The molecule has 8 nitrogen and oxygen atoms in total. The Morgan fingerprint density at radius 1 is 0.362 bits per heavy atom. The van der Waals surface area contributed by atoms with E-state index in [2.05, 4.69) is 108 Å². The van der Waals surface area contributed by atoms with Crippen LogP contribution in [0.25, 0.3) is 100 Å². The molecule has 11 rings (SSSR count). The first-order valence-electron chi connectivity index (χ1n) is 19.0. The maximum absolute atomic E-state index is 10.6. The predicted octanol–water partition coefficient (Wildman–Crippen LogP) is 11.4. The van der Waals surface area contributed by atoms with E-state index in [0.29, 0.717) is 17.2 Å². The number of fused-ring (bicyclic) bond motifs is 6. The highest BCUT2D eigenvalue weighted by molar-refractivity contribution is 6.13. The second-order valence-corrected chi connectivity index (χ2v) is 14.1. The highest BCUT2D eigenvalue weighted by atomic mass is 15.1. The molecule has 0 fully saturated rings. The van der Waals surface area contributed by atoms with Crippen molar-refractivity contribution >= 4 is 43.6 Å². The Kier molecular flexibility index (Phi) is 7.69. The zero-order chi connectivity index (χ0) is 38.6. The van der Waals surface area contributed by atoms with Gasteiger partial charge in [-0.25, -0.2) is 4.98 Å². The fraction of sp³-hybridized carbons (Fsp3) is 0. The molecule has 270 valence electrons. The van der Waals surface area contributed by atoms with Crippen LogP contribution in [0, 0.1) is 11.3 Å². The average Bonchev–Trinajstić information content (AvgIpc) is 3.81. The molecule has 7 heterocycles. The van der Waals surface area contributed by atoms with Crippen molar-refractivity contribution in [2.45, 2.75) is 0 Å². The Hall–Kier alpha value is -8.28. The van der Waals surface area contributed by atoms with Gasteiger partial charge in [0.25, 0.3) is 0 Å². The minimum atomic E-state index is 0.496. The Labute approximate surface area is 332 Å². The molecule has 0 aliphatic carbocycles. The van der Waals surface area contributed by atoms with Crippen molar-refractivity contribution in [3.8, 4) is 62.7 Å². The SMILES string of the molecule is N#Cc1cc(-n2c3ccc(-c4ccccn4)cc3c3cc(-c4ccccn4)ccc32)nc(-n2c3ccc(-c4ccccn4)cc3c3cc(-c4ccccn4)ccc32)c1. The lowest BCUT2D eigenvalue weighted by Gasteiger charge is -2.13. The lowest BCUT2D eigenvalue weighted by Crippen LogP contribution is -2.04. The fourth-order valence-electron chi connectivity index (χ4n) is 8.11. The van der Waals surface area contributed by atoms with Crippen LogP contribution in [0.4, 0.5) is 0 Å². The molecule has 0 unspecified atom stereocenters. The van der Waals surface area contributed by atoms with Gasteiger partial charge in [-0.2, -0.15) is 5.26 Å². The molecule has 8 heteroatoms. The second kappa shape index (κ2) is 13.5. The van der Waals surface area contributed by atoms with Gasteiger partial charge in [-0.3, -0.25) is 29.1 Å². The summed E-state index contributed by atoms with van der Waals surface area (Å²) in [7, 11) is 0. The third-order valence-electron chi connectivity index (χ3n) is 10.8. The van der Waals surface area contributed by atoms with Crippen LogP contribution >= 0.6 is 0 Å². The van der Waals surface area contributed by atoms with Crippen LogP contribution in [0.3, 0.4) is 0 Å². The summed E-state index contributed by atoms with van der Waals surface area (Å²) in [6.45, 7) is 0. The minimum Gasteiger partial charge on any atom is -0.294 e. The summed E-state index contributed by atoms with van der Waals surface area (Å²) < 4.78 is 4.32. The Morgan fingerprint density at radius 2 is 0.672 bits per heavy atom. The largest absolute Gasteiger partial charge is 0.294 e. The molecule has 0 aliphatic heterocycles. The maximum Gasteiger partial charge on any atom is 0.141 e. The fourth-order valence-corrected chi connectivity index (χ4v) is 8.11. The molecule has 0 atom stereocenters. The third-order valence-corrected chi connectivity index (χ3v) is 10.8. The van der Waals surface area contributed by atoms with Crippen molar-refractivity contribution in [1.82, 2.24) is 34.1 Å². The first-order chi connectivity index (χ1) is 28.7. The molecule has 0 radical (unpaired) electrons. The normalized spacial score (nSPS) is 11.4. The first kappa shape index (κ1) is 33.1. The van der Waals surface area contributed by atoms with Crippen LogP contribution in [0.2, 0.25) is 0 Å². The van der Waals surface area contributed by atoms with E-state index >= 15 is 0 Å². The lowest BCUT2D eigenvalue weighted by atomic mass is 10.0. The Bertz CT molecular complexity index is 2970. The van der Waals surface area contributed by atoms with Gasteiger partial charge in [0.1, 0.15) is 11.6 Å². The third kappa shape index (κ3) is 5.49. The summed E-state index contributed by atoms with van der Waals surface area (Å²) in [5.41, 5.74) is 11.9. The summed E-state index contributed by atoms with van der Waals surface area (Å²) in [5, 5.41) is 14.7. The van der Waals surface area contributed by atoms with Gasteiger partial charge in [0, 0.05) is 68.6 Å². The van der Waals surface area contributed by atoms with E-state index in [1.54, 1.807) is 0 Å². The number of hydrogen-bond donors (Lipinski definition) is 0. The highest BCUT2D eigenvalue weighted by Gasteiger charge is 2.20. The van der Waals surface area contributed by atoms with Gasteiger partial charge < -0.3 is 0 Å². The van der Waals surface area contributed by atoms with E-state index in [1.165, 1.54) is 0 Å². The molecule has 4 aromatic carbocycles. The molecule has 0 N–H and O–H groups in total. The van der Waals surface area contributed by atoms with Crippen molar-refractivity contribution in [2.75, 3.05) is 0 Å². The van der Waals surface area contributed by atoms with Crippen LogP contribution in [-0.4, -0.2) is 34.1 Å². The molecule has 0 amide bonds. The molecule has 58 heavy (non-hydrogen) atoms. The highest BCUT2D eigenvalue weighted by Crippen LogP contribution is 2.39. The lowest BCUT2D eigenvalue weighted by molar-refractivity contribution is 1.01. The molecule has 7 aromatic heterocycles. The summed E-state index contributed by atoms with van der Waals surface area (Å²) in [6.07, 6.45) is 7.25. The summed E-state index contributed by atoms with van der Waals surface area (Å²) in [5.74, 6) is 1.27. The molecule has 11 aromatic rings. The average molecular weight is 743 g/mol. The van der Waals surface area contributed by atoms with Crippen LogP contribution in [0.5, 0.6) is 0 Å². The molecule has 0 spiro atoms. The second-order valence-electron chi connectivity index (χ2n) is 14.1. The molecule has 0 saturated carbocycles. The predicted molar refractivity (Wildman–Crippen MR) is 231 cm³/mol. The number of hydrogen-bond acceptors (Lipinski definition) is 6. The zero-order valence-electron chi connectivity index (χ0n) is 30.9. The standard InChI is InChI=1S/C50H30N8/c51-31-32-25-49(57-45-17-13-33(41-9-1-5-21-52-41)27-37(45)38-28-34(14-18-46(38)57)42-10-2-6-22-53-42)56-50(26-32)58-47-19-15-35(43-11-3-7-23-54-43)29-39(47)40-30-36(16-20-48(40)58)44-12-4-8-24-55-44/h1-30H. The van der Waals surface area contributed by atoms with Crippen LogP contribution in [0.15, 0.2) is 183 Å². The van der Waals surface area contributed by atoms with Gasteiger partial charge in [-0.15, -0.1) is 0 Å². The van der Waals surface area contributed by atoms with Gasteiger partial charge in [-0.05, 0) is 109 Å². The van der Waals surface area contributed by atoms with Gasteiger partial charge >= 0.3 is 0 Å². The Balaban J connectivity index is 1.16. The van der Waals surface area contributed by atoms with Gasteiger partial charge in [-0.1, -0.05) is 48.5 Å².